The second kappa shape index (κ2) is 5.85. The zero-order valence-corrected chi connectivity index (χ0v) is 10.2. The first kappa shape index (κ1) is 13.8. The molecule has 7 nitrogen and oxygen atoms in total. The Morgan fingerprint density at radius 1 is 1.67 bits per heavy atom. The molecule has 1 aromatic rings. The number of oxime groups is 1. The van der Waals surface area contributed by atoms with Crippen LogP contribution >= 0.6 is 0 Å². The number of hydrogen-bond donors (Lipinski definition) is 2. The van der Waals surface area contributed by atoms with Crippen LogP contribution in [0.15, 0.2) is 23.4 Å². The Bertz CT molecular complexity index is 473. The number of hydrogen-bond acceptors (Lipinski definition) is 5. The molecule has 1 unspecified atom stereocenters. The summed E-state index contributed by atoms with van der Waals surface area (Å²) in [5, 5.41) is 22.1. The van der Waals surface area contributed by atoms with Crippen molar-refractivity contribution in [1.29, 1.82) is 0 Å². The number of nitro groups is 1. The van der Waals surface area contributed by atoms with Crippen molar-refractivity contribution in [2.45, 2.75) is 26.4 Å². The van der Waals surface area contributed by atoms with E-state index in [0.29, 0.717) is 17.7 Å². The minimum atomic E-state index is -0.560. The maximum Gasteiger partial charge on any atom is 0.269 e. The topological polar surface area (TPSA) is 111 Å². The van der Waals surface area contributed by atoms with Gasteiger partial charge in [-0.1, -0.05) is 12.1 Å². The molecule has 0 aliphatic carbocycles. The van der Waals surface area contributed by atoms with Crippen molar-refractivity contribution in [2.24, 2.45) is 10.9 Å². The van der Waals surface area contributed by atoms with Crippen molar-refractivity contribution >= 4 is 11.5 Å². The van der Waals surface area contributed by atoms with Gasteiger partial charge in [0.15, 0.2) is 11.9 Å². The number of benzene rings is 1. The van der Waals surface area contributed by atoms with E-state index in [4.69, 9.17) is 15.7 Å². The lowest BCUT2D eigenvalue weighted by Gasteiger charge is -2.17. The molecule has 0 aromatic heterocycles. The summed E-state index contributed by atoms with van der Waals surface area (Å²) >= 11 is 0. The monoisotopic (exact) mass is 253 g/mol. The molecule has 0 aliphatic rings. The van der Waals surface area contributed by atoms with E-state index in [1.807, 2.05) is 6.92 Å². The van der Waals surface area contributed by atoms with Gasteiger partial charge in [-0.3, -0.25) is 10.1 Å². The lowest BCUT2D eigenvalue weighted by molar-refractivity contribution is -0.384. The van der Waals surface area contributed by atoms with Gasteiger partial charge in [0, 0.05) is 12.1 Å². The summed E-state index contributed by atoms with van der Waals surface area (Å²) < 4.78 is 5.54. The molecule has 0 bridgehead atoms. The van der Waals surface area contributed by atoms with Gasteiger partial charge in [-0.2, -0.15) is 0 Å². The molecule has 0 saturated carbocycles. The molecule has 7 heteroatoms. The quantitative estimate of drug-likeness (QED) is 0.273. The van der Waals surface area contributed by atoms with E-state index >= 15 is 0 Å². The van der Waals surface area contributed by atoms with Crippen LogP contribution in [0.3, 0.4) is 0 Å². The Hall–Kier alpha value is -2.31. The van der Waals surface area contributed by atoms with E-state index < -0.39 is 11.0 Å². The third-order valence-corrected chi connectivity index (χ3v) is 2.45. The minimum Gasteiger partial charge on any atom is -0.482 e. The summed E-state index contributed by atoms with van der Waals surface area (Å²) in [6.45, 7) is 3.52. The summed E-state index contributed by atoms with van der Waals surface area (Å²) in [6, 6.07) is 4.26. The molecule has 18 heavy (non-hydrogen) atoms. The smallest absolute Gasteiger partial charge is 0.269 e. The van der Waals surface area contributed by atoms with E-state index in [-0.39, 0.29) is 11.5 Å². The van der Waals surface area contributed by atoms with Crippen molar-refractivity contribution in [1.82, 2.24) is 0 Å². The Morgan fingerprint density at radius 2 is 2.33 bits per heavy atom. The van der Waals surface area contributed by atoms with E-state index in [1.165, 1.54) is 18.2 Å². The van der Waals surface area contributed by atoms with Gasteiger partial charge < -0.3 is 15.7 Å². The molecule has 0 saturated heterocycles. The summed E-state index contributed by atoms with van der Waals surface area (Å²) in [5.41, 5.74) is 6.09. The maximum absolute atomic E-state index is 10.6. The Balaban J connectivity index is 2.94. The van der Waals surface area contributed by atoms with Crippen molar-refractivity contribution in [3.63, 3.8) is 0 Å². The fraction of sp³-hybridized carbons (Fsp3) is 0.364. The maximum atomic E-state index is 10.6. The highest BCUT2D eigenvalue weighted by Crippen LogP contribution is 2.24. The Morgan fingerprint density at radius 3 is 2.78 bits per heavy atom. The van der Waals surface area contributed by atoms with Gasteiger partial charge in [-0.25, -0.2) is 0 Å². The molecule has 98 valence electrons. The number of nitro benzene ring substituents is 1. The Labute approximate surface area is 104 Å². The Kier molecular flexibility index (Phi) is 4.47. The van der Waals surface area contributed by atoms with Crippen LogP contribution in [0, 0.1) is 17.0 Å². The molecular formula is C11H15N3O4. The third-order valence-electron chi connectivity index (χ3n) is 2.45. The van der Waals surface area contributed by atoms with Crippen LogP contribution in [-0.2, 0) is 0 Å². The molecule has 3 N–H and O–H groups in total. The average molecular weight is 253 g/mol. The molecule has 0 fully saturated rings. The molecule has 0 amide bonds. The number of aryl methyl sites for hydroxylation is 1. The predicted octanol–water partition coefficient (Wildman–Crippen LogP) is 1.81. The first-order valence-corrected chi connectivity index (χ1v) is 5.38. The summed E-state index contributed by atoms with van der Waals surface area (Å²) in [6.07, 6.45) is -0.0399. The summed E-state index contributed by atoms with van der Waals surface area (Å²) in [5.74, 6) is 0.439. The van der Waals surface area contributed by atoms with Crippen LogP contribution in [0.4, 0.5) is 5.69 Å². The SMILES string of the molecule is CCC(Oc1ccc([N+](=O)[O-])cc1C)/C(N)=N/O. The van der Waals surface area contributed by atoms with Crippen molar-refractivity contribution in [2.75, 3.05) is 0 Å². The zero-order valence-electron chi connectivity index (χ0n) is 10.2. The van der Waals surface area contributed by atoms with Crippen LogP contribution in [-0.4, -0.2) is 22.1 Å². The van der Waals surface area contributed by atoms with E-state index in [9.17, 15) is 10.1 Å². The van der Waals surface area contributed by atoms with Gasteiger partial charge in [0.25, 0.3) is 5.69 Å². The molecule has 0 radical (unpaired) electrons. The van der Waals surface area contributed by atoms with Crippen molar-refractivity contribution in [3.8, 4) is 5.75 Å². The normalized spacial score (nSPS) is 13.1. The molecule has 1 rings (SSSR count). The van der Waals surface area contributed by atoms with E-state index in [0.717, 1.165) is 0 Å². The van der Waals surface area contributed by atoms with Gasteiger partial charge in [0.1, 0.15) is 5.75 Å². The molecular weight excluding hydrogens is 238 g/mol. The number of ether oxygens (including phenoxy) is 1. The molecule has 1 atom stereocenters. The van der Waals surface area contributed by atoms with Crippen LogP contribution in [0.1, 0.15) is 18.9 Å². The van der Waals surface area contributed by atoms with E-state index in [2.05, 4.69) is 5.16 Å². The first-order valence-electron chi connectivity index (χ1n) is 5.38. The standard InChI is InChI=1S/C11H15N3O4/c1-3-9(11(12)13-15)18-10-5-4-8(14(16)17)6-7(10)2/h4-6,9,15H,3H2,1-2H3,(H2,12,13). The van der Waals surface area contributed by atoms with Crippen LogP contribution < -0.4 is 10.5 Å². The summed E-state index contributed by atoms with van der Waals surface area (Å²) in [4.78, 5) is 10.1. The highest BCUT2D eigenvalue weighted by atomic mass is 16.6. The van der Waals surface area contributed by atoms with Gasteiger partial charge in [0.05, 0.1) is 4.92 Å². The number of nitrogens with two attached hydrogens (primary N) is 1. The highest BCUT2D eigenvalue weighted by molar-refractivity contribution is 5.84. The number of nitrogens with zero attached hydrogens (tertiary/aromatic N) is 2. The molecule has 0 heterocycles. The zero-order chi connectivity index (χ0) is 13.7. The van der Waals surface area contributed by atoms with Crippen molar-refractivity contribution in [3.05, 3.63) is 33.9 Å². The van der Waals surface area contributed by atoms with Crippen LogP contribution in [0.2, 0.25) is 0 Å². The third kappa shape index (κ3) is 3.09. The lowest BCUT2D eigenvalue weighted by atomic mass is 10.2. The highest BCUT2D eigenvalue weighted by Gasteiger charge is 2.16. The fourth-order valence-corrected chi connectivity index (χ4v) is 1.45. The van der Waals surface area contributed by atoms with Crippen LogP contribution in [0.25, 0.3) is 0 Å². The van der Waals surface area contributed by atoms with Gasteiger partial charge in [-0.05, 0) is 25.0 Å². The number of rotatable bonds is 5. The van der Waals surface area contributed by atoms with Gasteiger partial charge in [0.2, 0.25) is 0 Å². The summed E-state index contributed by atoms with van der Waals surface area (Å²) in [7, 11) is 0. The van der Waals surface area contributed by atoms with Crippen LogP contribution in [0.5, 0.6) is 5.75 Å². The second-order valence-corrected chi connectivity index (χ2v) is 3.75. The minimum absolute atomic E-state index is 0.00306. The number of amidine groups is 1. The average Bonchev–Trinajstić information content (AvgIpc) is 2.36. The predicted molar refractivity (Wildman–Crippen MR) is 65.9 cm³/mol. The first-order chi connectivity index (χ1) is 8.49. The second-order valence-electron chi connectivity index (χ2n) is 3.75. The number of non-ortho nitro benzene ring substituents is 1. The molecule has 0 spiro atoms. The van der Waals surface area contributed by atoms with Gasteiger partial charge >= 0.3 is 0 Å². The van der Waals surface area contributed by atoms with Gasteiger partial charge in [-0.15, -0.1) is 0 Å². The molecule has 1 aromatic carbocycles. The van der Waals surface area contributed by atoms with E-state index in [1.54, 1.807) is 6.92 Å². The fourth-order valence-electron chi connectivity index (χ4n) is 1.45. The lowest BCUT2D eigenvalue weighted by Crippen LogP contribution is -2.33. The molecule has 0 aliphatic heterocycles. The largest absolute Gasteiger partial charge is 0.482 e. The van der Waals surface area contributed by atoms with Crippen molar-refractivity contribution < 1.29 is 14.9 Å².